The van der Waals surface area contributed by atoms with Crippen molar-refractivity contribution in [3.8, 4) is 28.8 Å². The number of unbranched alkanes of at least 4 members (excludes halogenated alkanes) is 3. The van der Waals surface area contributed by atoms with Gasteiger partial charge in [-0.2, -0.15) is 10.4 Å². The zero-order chi connectivity index (χ0) is 27.0. The van der Waals surface area contributed by atoms with Crippen LogP contribution in [0.15, 0.2) is 89.9 Å². The third kappa shape index (κ3) is 5.97. The maximum atomic E-state index is 12.6. The van der Waals surface area contributed by atoms with Crippen LogP contribution in [0.2, 0.25) is 0 Å². The van der Waals surface area contributed by atoms with Crippen molar-refractivity contribution >= 4 is 22.6 Å². The van der Waals surface area contributed by atoms with Gasteiger partial charge in [0.05, 0.1) is 34.5 Å². The molecule has 39 heavy (non-hydrogen) atoms. The van der Waals surface area contributed by atoms with Crippen molar-refractivity contribution in [2.45, 2.75) is 32.6 Å². The molecule has 7 nitrogen and oxygen atoms in total. The number of allylic oxidation sites excluding steroid dienone is 1. The Morgan fingerprint density at radius 3 is 2.54 bits per heavy atom. The molecule has 0 saturated carbocycles. The molecule has 5 rings (SSSR count). The fourth-order valence-corrected chi connectivity index (χ4v) is 4.38. The molecule has 0 aliphatic carbocycles. The molecule has 0 aliphatic rings. The van der Waals surface area contributed by atoms with E-state index in [0.717, 1.165) is 29.0 Å². The lowest BCUT2D eigenvalue weighted by molar-refractivity contribution is 0.305. The maximum absolute atomic E-state index is 12.6. The van der Waals surface area contributed by atoms with Gasteiger partial charge in [-0.15, -0.1) is 0 Å². The van der Waals surface area contributed by atoms with Gasteiger partial charge in [-0.1, -0.05) is 56.5 Å². The second-order valence-corrected chi connectivity index (χ2v) is 9.25. The van der Waals surface area contributed by atoms with E-state index < -0.39 is 0 Å². The molecule has 0 atom stereocenters. The highest BCUT2D eigenvalue weighted by atomic mass is 16.5. The average Bonchev–Trinajstić information content (AvgIpc) is 3.40. The van der Waals surface area contributed by atoms with E-state index in [9.17, 15) is 10.1 Å². The first-order chi connectivity index (χ1) is 19.2. The second-order valence-electron chi connectivity index (χ2n) is 9.25. The molecule has 0 radical (unpaired) electrons. The number of hydrogen-bond donors (Lipinski definition) is 1. The lowest BCUT2D eigenvalue weighted by Crippen LogP contribution is -2.11. The summed E-state index contributed by atoms with van der Waals surface area (Å²) in [6.45, 7) is 2.89. The highest BCUT2D eigenvalue weighted by molar-refractivity contribution is 5.91. The number of ether oxygens (including phenoxy) is 1. The highest BCUT2D eigenvalue weighted by Crippen LogP contribution is 2.29. The Morgan fingerprint density at radius 1 is 1.00 bits per heavy atom. The third-order valence-electron chi connectivity index (χ3n) is 6.45. The van der Waals surface area contributed by atoms with Crippen LogP contribution in [0.1, 0.15) is 44.0 Å². The summed E-state index contributed by atoms with van der Waals surface area (Å²) < 4.78 is 7.69. The van der Waals surface area contributed by atoms with E-state index in [4.69, 9.17) is 9.84 Å². The first-order valence-electron chi connectivity index (χ1n) is 13.2. The van der Waals surface area contributed by atoms with Crippen LogP contribution < -0.4 is 10.3 Å². The van der Waals surface area contributed by atoms with Crippen LogP contribution in [0.5, 0.6) is 5.75 Å². The van der Waals surface area contributed by atoms with Crippen LogP contribution in [0, 0.1) is 11.3 Å². The molecular weight excluding hydrogens is 486 g/mol. The maximum Gasteiger partial charge on any atom is 0.259 e. The van der Waals surface area contributed by atoms with E-state index >= 15 is 0 Å². The van der Waals surface area contributed by atoms with E-state index in [-0.39, 0.29) is 17.0 Å². The van der Waals surface area contributed by atoms with Crippen molar-refractivity contribution < 1.29 is 4.74 Å². The van der Waals surface area contributed by atoms with Gasteiger partial charge in [-0.3, -0.25) is 4.79 Å². The van der Waals surface area contributed by atoms with Gasteiger partial charge in [0.2, 0.25) is 0 Å². The molecule has 194 valence electrons. The van der Waals surface area contributed by atoms with Crippen LogP contribution in [0.4, 0.5) is 0 Å². The molecule has 0 bridgehead atoms. The third-order valence-corrected chi connectivity index (χ3v) is 6.45. The number of nitriles is 1. The van der Waals surface area contributed by atoms with Crippen LogP contribution in [0.3, 0.4) is 0 Å². The Morgan fingerprint density at radius 2 is 1.77 bits per heavy atom. The van der Waals surface area contributed by atoms with Crippen molar-refractivity contribution in [2.24, 2.45) is 0 Å². The first kappa shape index (κ1) is 25.7. The van der Waals surface area contributed by atoms with Crippen molar-refractivity contribution in [1.82, 2.24) is 19.7 Å². The molecule has 1 N–H and O–H groups in total. The molecule has 7 heteroatoms. The molecule has 3 aromatic carbocycles. The van der Waals surface area contributed by atoms with Gasteiger partial charge in [-0.05, 0) is 61.0 Å². The summed E-state index contributed by atoms with van der Waals surface area (Å²) in [5.74, 6) is 1.02. The molecule has 2 aromatic heterocycles. The van der Waals surface area contributed by atoms with Crippen molar-refractivity contribution in [3.63, 3.8) is 0 Å². The Kier molecular flexibility index (Phi) is 7.94. The van der Waals surface area contributed by atoms with Crippen LogP contribution >= 0.6 is 0 Å². The number of hydrogen-bond acceptors (Lipinski definition) is 5. The molecule has 2 heterocycles. The molecule has 5 aromatic rings. The summed E-state index contributed by atoms with van der Waals surface area (Å²) in [5.41, 5.74) is 3.67. The van der Waals surface area contributed by atoms with Gasteiger partial charge in [0, 0.05) is 17.3 Å². The minimum atomic E-state index is -0.290. The number of aromatic amines is 1. The number of nitrogens with one attached hydrogen (secondary N) is 1. The first-order valence-corrected chi connectivity index (χ1v) is 13.2. The van der Waals surface area contributed by atoms with Gasteiger partial charge in [0.25, 0.3) is 5.56 Å². The van der Waals surface area contributed by atoms with Gasteiger partial charge >= 0.3 is 0 Å². The minimum Gasteiger partial charge on any atom is -0.494 e. The standard InChI is InChI=1S/C32H29N5O2/c1-2-3-4-10-19-39-27-17-15-23(16-18-27)30-25(22-37(36-30)26-11-6-5-7-12-26)20-24(21-33)31-34-29-14-9-8-13-28(29)32(38)35-31/h5-9,11-18,20,22H,2-4,10,19H2,1H3,(H,34,35,38). The molecule has 0 amide bonds. The summed E-state index contributed by atoms with van der Waals surface area (Å²) in [5, 5.41) is 15.4. The van der Waals surface area contributed by atoms with Crippen LogP contribution in [-0.4, -0.2) is 26.4 Å². The number of para-hydroxylation sites is 2. The van der Waals surface area contributed by atoms with Crippen molar-refractivity contribution in [2.75, 3.05) is 6.61 Å². The SMILES string of the molecule is CCCCCCOc1ccc(-c2nn(-c3ccccc3)cc2C=C(C#N)c2nc3ccccc3c(=O)[nH]2)cc1. The summed E-state index contributed by atoms with van der Waals surface area (Å²) >= 11 is 0. The van der Waals surface area contributed by atoms with E-state index in [0.29, 0.717) is 23.2 Å². The topological polar surface area (TPSA) is 96.6 Å². The van der Waals surface area contributed by atoms with Gasteiger partial charge in [-0.25, -0.2) is 9.67 Å². The minimum absolute atomic E-state index is 0.214. The predicted molar refractivity (Wildman–Crippen MR) is 154 cm³/mol. The highest BCUT2D eigenvalue weighted by Gasteiger charge is 2.15. The van der Waals surface area contributed by atoms with E-state index in [1.807, 2.05) is 66.9 Å². The summed E-state index contributed by atoms with van der Waals surface area (Å²) in [6.07, 6.45) is 8.21. The number of nitrogens with zero attached hydrogens (tertiary/aromatic N) is 4. The van der Waals surface area contributed by atoms with Gasteiger partial charge in [0.1, 0.15) is 11.8 Å². The fourth-order valence-electron chi connectivity index (χ4n) is 4.38. The Bertz CT molecular complexity index is 1690. The molecule has 0 spiro atoms. The molecule has 0 saturated heterocycles. The molecule has 0 unspecified atom stereocenters. The zero-order valence-electron chi connectivity index (χ0n) is 21.8. The van der Waals surface area contributed by atoms with Crippen LogP contribution in [-0.2, 0) is 0 Å². The molecule has 0 fully saturated rings. The Labute approximate surface area is 227 Å². The normalized spacial score (nSPS) is 11.4. The van der Waals surface area contributed by atoms with E-state index in [2.05, 4.69) is 23.0 Å². The lowest BCUT2D eigenvalue weighted by atomic mass is 10.1. The fraction of sp³-hybridized carbons (Fsp3) is 0.188. The zero-order valence-corrected chi connectivity index (χ0v) is 21.8. The predicted octanol–water partition coefficient (Wildman–Crippen LogP) is 6.80. The van der Waals surface area contributed by atoms with Gasteiger partial charge < -0.3 is 9.72 Å². The average molecular weight is 516 g/mol. The Balaban J connectivity index is 1.52. The summed E-state index contributed by atoms with van der Waals surface area (Å²) in [7, 11) is 0. The van der Waals surface area contributed by atoms with E-state index in [1.54, 1.807) is 29.0 Å². The van der Waals surface area contributed by atoms with Crippen molar-refractivity contribution in [1.29, 1.82) is 5.26 Å². The van der Waals surface area contributed by atoms with Crippen LogP contribution in [0.25, 0.3) is 39.5 Å². The number of benzene rings is 3. The Hall–Kier alpha value is -4.96. The number of fused-ring (bicyclic) bond motifs is 1. The second kappa shape index (κ2) is 12.1. The number of aromatic nitrogens is 4. The lowest BCUT2D eigenvalue weighted by Gasteiger charge is -2.07. The monoisotopic (exact) mass is 515 g/mol. The largest absolute Gasteiger partial charge is 0.494 e. The summed E-state index contributed by atoms with van der Waals surface area (Å²) in [4.78, 5) is 19.9. The number of rotatable bonds is 10. The summed E-state index contributed by atoms with van der Waals surface area (Å²) in [6, 6.07) is 26.9. The molecule has 0 aliphatic heterocycles. The molecular formula is C32H29N5O2. The van der Waals surface area contributed by atoms with Gasteiger partial charge in [0.15, 0.2) is 5.82 Å². The quantitative estimate of drug-likeness (QED) is 0.163. The van der Waals surface area contributed by atoms with Crippen molar-refractivity contribution in [3.05, 3.63) is 107 Å². The van der Waals surface area contributed by atoms with E-state index in [1.165, 1.54) is 19.3 Å². The smallest absolute Gasteiger partial charge is 0.259 e. The number of H-pyrrole nitrogens is 1.